The second kappa shape index (κ2) is 3.86. The maximum absolute atomic E-state index is 11.4. The van der Waals surface area contributed by atoms with Gasteiger partial charge in [0.05, 0.1) is 6.20 Å². The Morgan fingerprint density at radius 1 is 1.44 bits per heavy atom. The number of ether oxygens (including phenoxy) is 1. The quantitative estimate of drug-likeness (QED) is 0.668. The van der Waals surface area contributed by atoms with Gasteiger partial charge in [-0.1, -0.05) is 0 Å². The van der Waals surface area contributed by atoms with Crippen molar-refractivity contribution in [3.63, 3.8) is 0 Å². The predicted molar refractivity (Wildman–Crippen MR) is 56.5 cm³/mol. The molecule has 0 aromatic carbocycles. The van der Waals surface area contributed by atoms with Crippen LogP contribution in [0, 0.1) is 0 Å². The number of fused-ring (bicyclic) bond motifs is 1. The number of aromatic hydroxyl groups is 1. The predicted octanol–water partition coefficient (Wildman–Crippen LogP) is -0.283. The molecule has 0 saturated carbocycles. The van der Waals surface area contributed by atoms with E-state index in [-0.39, 0.29) is 23.5 Å². The van der Waals surface area contributed by atoms with Crippen LogP contribution in [-0.4, -0.2) is 26.2 Å². The van der Waals surface area contributed by atoms with Gasteiger partial charge in [0.25, 0.3) is 5.56 Å². The van der Waals surface area contributed by atoms with Gasteiger partial charge in [0.2, 0.25) is 0 Å². The summed E-state index contributed by atoms with van der Waals surface area (Å²) in [6, 6.07) is 0. The van der Waals surface area contributed by atoms with Crippen molar-refractivity contribution in [2.75, 3.05) is 6.61 Å². The molecule has 0 aliphatic heterocycles. The summed E-state index contributed by atoms with van der Waals surface area (Å²) in [6.45, 7) is 2.47. The fourth-order valence-corrected chi connectivity index (χ4v) is 1.50. The molecule has 16 heavy (non-hydrogen) atoms. The third-order valence-corrected chi connectivity index (χ3v) is 2.18. The maximum Gasteiger partial charge on any atom is 0.327 e. The van der Waals surface area contributed by atoms with Gasteiger partial charge in [0.1, 0.15) is 23.5 Å². The summed E-state index contributed by atoms with van der Waals surface area (Å²) in [6.07, 6.45) is 1.34. The number of aromatic nitrogens is 3. The lowest BCUT2D eigenvalue weighted by molar-refractivity contribution is 0.0902. The zero-order valence-corrected chi connectivity index (χ0v) is 8.61. The molecule has 3 N–H and O–H groups in total. The number of rotatable bonds is 3. The van der Waals surface area contributed by atoms with Gasteiger partial charge in [-0.15, -0.1) is 0 Å². The molecule has 7 heteroatoms. The molecule has 0 amide bonds. The fraction of sp³-hybridized carbons (Fsp3) is 0.333. The highest BCUT2D eigenvalue weighted by Gasteiger charge is 2.12. The molecule has 2 rings (SSSR count). The third kappa shape index (κ3) is 1.61. The first kappa shape index (κ1) is 10.5. The number of nitrogens with one attached hydrogen (secondary N) is 2. The van der Waals surface area contributed by atoms with E-state index in [9.17, 15) is 14.7 Å². The Morgan fingerprint density at radius 3 is 2.88 bits per heavy atom. The summed E-state index contributed by atoms with van der Waals surface area (Å²) in [4.78, 5) is 27.0. The minimum atomic E-state index is -0.619. The molecule has 0 aliphatic rings. The Labute approximate surface area is 89.3 Å². The van der Waals surface area contributed by atoms with Gasteiger partial charge >= 0.3 is 5.69 Å². The summed E-state index contributed by atoms with van der Waals surface area (Å²) >= 11 is 0. The van der Waals surface area contributed by atoms with Crippen LogP contribution >= 0.6 is 0 Å². The van der Waals surface area contributed by atoms with Crippen molar-refractivity contribution in [1.29, 1.82) is 0 Å². The molecule has 2 aromatic rings. The summed E-state index contributed by atoms with van der Waals surface area (Å²) in [5, 5.41) is 9.60. The topological polar surface area (TPSA) is 100 Å². The number of hydrogen-bond acceptors (Lipinski definition) is 4. The van der Waals surface area contributed by atoms with Gasteiger partial charge in [-0.2, -0.15) is 0 Å². The van der Waals surface area contributed by atoms with Gasteiger partial charge in [-0.25, -0.2) is 4.79 Å². The van der Waals surface area contributed by atoms with E-state index in [4.69, 9.17) is 4.74 Å². The zero-order valence-electron chi connectivity index (χ0n) is 8.61. The number of nitrogens with zero attached hydrogens (tertiary/aromatic N) is 1. The second-order valence-corrected chi connectivity index (χ2v) is 3.24. The minimum Gasteiger partial charge on any atom is -0.505 e. The van der Waals surface area contributed by atoms with E-state index >= 15 is 0 Å². The highest BCUT2D eigenvalue weighted by molar-refractivity contribution is 5.81. The van der Waals surface area contributed by atoms with Crippen molar-refractivity contribution in [3.05, 3.63) is 27.0 Å². The van der Waals surface area contributed by atoms with E-state index < -0.39 is 11.2 Å². The monoisotopic (exact) mass is 225 g/mol. The van der Waals surface area contributed by atoms with Crippen LogP contribution in [0.5, 0.6) is 5.75 Å². The first-order chi connectivity index (χ1) is 7.63. The normalized spacial score (nSPS) is 11.1. The number of H-pyrrole nitrogens is 2. The van der Waals surface area contributed by atoms with Crippen LogP contribution < -0.4 is 11.2 Å². The van der Waals surface area contributed by atoms with Crippen LogP contribution in [0.25, 0.3) is 11.0 Å². The Bertz CT molecular complexity index is 622. The number of aromatic amines is 2. The van der Waals surface area contributed by atoms with Gasteiger partial charge in [0, 0.05) is 6.61 Å². The van der Waals surface area contributed by atoms with Gasteiger partial charge < -0.3 is 14.4 Å². The molecule has 86 valence electrons. The molecule has 0 saturated heterocycles. The maximum atomic E-state index is 11.4. The van der Waals surface area contributed by atoms with Crippen LogP contribution in [0.4, 0.5) is 0 Å². The first-order valence-electron chi connectivity index (χ1n) is 4.75. The lowest BCUT2D eigenvalue weighted by atomic mass is 10.4. The van der Waals surface area contributed by atoms with Crippen molar-refractivity contribution in [2.24, 2.45) is 0 Å². The molecule has 0 radical (unpaired) electrons. The highest BCUT2D eigenvalue weighted by Crippen LogP contribution is 2.20. The van der Waals surface area contributed by atoms with E-state index in [1.54, 1.807) is 0 Å². The molecule has 2 heterocycles. The summed E-state index contributed by atoms with van der Waals surface area (Å²) in [5.41, 5.74) is -0.987. The minimum absolute atomic E-state index is 0.0549. The zero-order chi connectivity index (χ0) is 11.7. The lowest BCUT2D eigenvalue weighted by Crippen LogP contribution is -2.22. The standard InChI is InChI=1S/C9H11N3O4/c1-2-16-4-12-3-5(13)6-7(12)10-9(15)11-8(6)14/h3,13H,2,4H2,1H3,(H2,10,11,14,15). The smallest absolute Gasteiger partial charge is 0.327 e. The van der Waals surface area contributed by atoms with Crippen LogP contribution in [0.1, 0.15) is 6.92 Å². The van der Waals surface area contributed by atoms with E-state index in [1.807, 2.05) is 11.9 Å². The Kier molecular flexibility index (Phi) is 2.53. The lowest BCUT2D eigenvalue weighted by Gasteiger charge is -2.03. The van der Waals surface area contributed by atoms with Crippen molar-refractivity contribution >= 4 is 11.0 Å². The average molecular weight is 225 g/mol. The molecular weight excluding hydrogens is 214 g/mol. The van der Waals surface area contributed by atoms with Gasteiger partial charge in [0.15, 0.2) is 0 Å². The third-order valence-electron chi connectivity index (χ3n) is 2.18. The van der Waals surface area contributed by atoms with Crippen LogP contribution in [-0.2, 0) is 11.5 Å². The van der Waals surface area contributed by atoms with Gasteiger partial charge in [-0.05, 0) is 6.92 Å². The molecule has 0 unspecified atom stereocenters. The highest BCUT2D eigenvalue weighted by atomic mass is 16.5. The molecule has 0 fully saturated rings. The Morgan fingerprint density at radius 2 is 2.19 bits per heavy atom. The molecule has 2 aromatic heterocycles. The Hall–Kier alpha value is -2.02. The van der Waals surface area contributed by atoms with Gasteiger partial charge in [-0.3, -0.25) is 14.8 Å². The van der Waals surface area contributed by atoms with Crippen molar-refractivity contribution in [2.45, 2.75) is 13.7 Å². The van der Waals surface area contributed by atoms with E-state index in [2.05, 4.69) is 4.98 Å². The summed E-state index contributed by atoms with van der Waals surface area (Å²) in [7, 11) is 0. The largest absolute Gasteiger partial charge is 0.505 e. The Balaban J connectivity index is 2.68. The van der Waals surface area contributed by atoms with Crippen molar-refractivity contribution in [3.8, 4) is 5.75 Å². The molecule has 0 aliphatic carbocycles. The van der Waals surface area contributed by atoms with Crippen molar-refractivity contribution < 1.29 is 9.84 Å². The van der Waals surface area contributed by atoms with E-state index in [1.165, 1.54) is 10.8 Å². The summed E-state index contributed by atoms with van der Waals surface area (Å²) in [5.74, 6) is -0.188. The van der Waals surface area contributed by atoms with Crippen molar-refractivity contribution in [1.82, 2.24) is 14.5 Å². The second-order valence-electron chi connectivity index (χ2n) is 3.24. The van der Waals surface area contributed by atoms with Crippen LogP contribution in [0.15, 0.2) is 15.8 Å². The average Bonchev–Trinajstić information content (AvgIpc) is 2.52. The number of hydrogen-bond donors (Lipinski definition) is 3. The summed E-state index contributed by atoms with van der Waals surface area (Å²) < 4.78 is 6.60. The first-order valence-corrected chi connectivity index (χ1v) is 4.75. The molecular formula is C9H11N3O4. The molecule has 0 atom stereocenters. The molecule has 0 bridgehead atoms. The van der Waals surface area contributed by atoms with Crippen LogP contribution in [0.2, 0.25) is 0 Å². The van der Waals surface area contributed by atoms with E-state index in [0.29, 0.717) is 6.61 Å². The molecule has 7 nitrogen and oxygen atoms in total. The van der Waals surface area contributed by atoms with Crippen LogP contribution in [0.3, 0.4) is 0 Å². The SMILES string of the molecule is CCOCn1cc(O)c2c(=O)[nH]c(=O)[nH]c21. The fourth-order valence-electron chi connectivity index (χ4n) is 1.50. The van der Waals surface area contributed by atoms with E-state index in [0.717, 1.165) is 0 Å². The molecule has 0 spiro atoms.